The number of hydrogen-bond acceptors (Lipinski definition) is 4. The number of nitrogens with one attached hydrogen (secondary N) is 1. The second-order valence-electron chi connectivity index (χ2n) is 8.12. The number of likely N-dealkylation sites (tertiary alicyclic amines) is 1. The van der Waals surface area contributed by atoms with Gasteiger partial charge in [0.25, 0.3) is 5.91 Å². The predicted molar refractivity (Wildman–Crippen MR) is 102 cm³/mol. The van der Waals surface area contributed by atoms with Gasteiger partial charge in [0.05, 0.1) is 12.2 Å². The van der Waals surface area contributed by atoms with Gasteiger partial charge in [0.1, 0.15) is 0 Å². The lowest BCUT2D eigenvalue weighted by molar-refractivity contribution is -0.156. The van der Waals surface area contributed by atoms with Gasteiger partial charge in [0.15, 0.2) is 5.60 Å². The Hall–Kier alpha value is -1.40. The van der Waals surface area contributed by atoms with Gasteiger partial charge in [-0.1, -0.05) is 32.1 Å². The standard InChI is InChI=1S/C20H34N4O2/c1-17-8-14-24(22-17)15-11-21-16-20(26)10-5-12-23(19(20)25)13-9-18-6-3-2-4-7-18/h8,14,18,21,26H,2-7,9-13,15-16H2,1H3. The summed E-state index contributed by atoms with van der Waals surface area (Å²) in [5, 5.41) is 18.5. The summed E-state index contributed by atoms with van der Waals surface area (Å²) in [5.41, 5.74) is -0.245. The van der Waals surface area contributed by atoms with Crippen molar-refractivity contribution in [2.75, 3.05) is 26.2 Å². The Labute approximate surface area is 156 Å². The Morgan fingerprint density at radius 1 is 1.27 bits per heavy atom. The zero-order valence-electron chi connectivity index (χ0n) is 16.1. The van der Waals surface area contributed by atoms with E-state index in [1.807, 2.05) is 28.8 Å². The molecule has 1 aromatic rings. The molecule has 0 radical (unpaired) electrons. The third kappa shape index (κ3) is 5.07. The normalized spacial score (nSPS) is 25.0. The molecule has 1 unspecified atom stereocenters. The Balaban J connectivity index is 1.42. The molecule has 3 rings (SSSR count). The fraction of sp³-hybridized carbons (Fsp3) is 0.800. The van der Waals surface area contributed by atoms with Crippen LogP contribution in [0.15, 0.2) is 12.3 Å². The molecular formula is C20H34N4O2. The van der Waals surface area contributed by atoms with Gasteiger partial charge >= 0.3 is 0 Å². The maximum atomic E-state index is 12.8. The fourth-order valence-electron chi connectivity index (χ4n) is 4.33. The lowest BCUT2D eigenvalue weighted by Crippen LogP contribution is -2.58. The topological polar surface area (TPSA) is 70.4 Å². The van der Waals surface area contributed by atoms with Gasteiger partial charge in [-0.25, -0.2) is 0 Å². The summed E-state index contributed by atoms with van der Waals surface area (Å²) in [6.07, 6.45) is 11.1. The first-order valence-electron chi connectivity index (χ1n) is 10.3. The van der Waals surface area contributed by atoms with Gasteiger partial charge in [-0.15, -0.1) is 0 Å². The highest BCUT2D eigenvalue weighted by Gasteiger charge is 2.41. The number of carbonyl (C=O) groups excluding carboxylic acids is 1. The van der Waals surface area contributed by atoms with E-state index in [0.717, 1.165) is 44.1 Å². The minimum atomic E-state index is -1.25. The Morgan fingerprint density at radius 3 is 2.81 bits per heavy atom. The predicted octanol–water partition coefficient (Wildman–Crippen LogP) is 2.11. The third-order valence-electron chi connectivity index (χ3n) is 5.94. The quantitative estimate of drug-likeness (QED) is 0.695. The molecule has 0 spiro atoms. The van der Waals surface area contributed by atoms with E-state index < -0.39 is 5.60 Å². The summed E-state index contributed by atoms with van der Waals surface area (Å²) in [7, 11) is 0. The number of aromatic nitrogens is 2. The van der Waals surface area contributed by atoms with Crippen LogP contribution in [0.25, 0.3) is 0 Å². The molecule has 2 fully saturated rings. The molecule has 1 aliphatic carbocycles. The van der Waals surface area contributed by atoms with Gasteiger partial charge in [-0.05, 0) is 38.2 Å². The average molecular weight is 363 g/mol. The lowest BCUT2D eigenvalue weighted by atomic mass is 9.86. The molecule has 1 saturated carbocycles. The molecule has 6 heteroatoms. The number of amides is 1. The van der Waals surface area contributed by atoms with Crippen LogP contribution in [0.3, 0.4) is 0 Å². The molecular weight excluding hydrogens is 328 g/mol. The number of rotatable bonds is 8. The Morgan fingerprint density at radius 2 is 2.08 bits per heavy atom. The maximum Gasteiger partial charge on any atom is 0.255 e. The summed E-state index contributed by atoms with van der Waals surface area (Å²) < 4.78 is 1.88. The average Bonchev–Trinajstić information content (AvgIpc) is 3.06. The third-order valence-corrected chi connectivity index (χ3v) is 5.94. The first-order chi connectivity index (χ1) is 12.6. The Kier molecular flexibility index (Phi) is 6.70. The Bertz CT molecular complexity index is 582. The minimum Gasteiger partial charge on any atom is -0.379 e. The first kappa shape index (κ1) is 19.4. The maximum absolute atomic E-state index is 12.8. The van der Waals surface area contributed by atoms with Gasteiger partial charge in [0.2, 0.25) is 0 Å². The molecule has 0 aromatic carbocycles. The van der Waals surface area contributed by atoms with Gasteiger partial charge in [0, 0.05) is 32.4 Å². The van der Waals surface area contributed by atoms with Crippen LogP contribution in [0, 0.1) is 12.8 Å². The molecule has 1 saturated heterocycles. The van der Waals surface area contributed by atoms with Crippen LogP contribution in [0.4, 0.5) is 0 Å². The SMILES string of the molecule is Cc1ccn(CCNCC2(O)CCCN(CCC3CCCCC3)C2=O)n1. The van der Waals surface area contributed by atoms with E-state index in [0.29, 0.717) is 19.5 Å². The van der Waals surface area contributed by atoms with Crippen LogP contribution in [0.1, 0.15) is 57.1 Å². The van der Waals surface area contributed by atoms with Crippen molar-refractivity contribution in [3.63, 3.8) is 0 Å². The van der Waals surface area contributed by atoms with Crippen LogP contribution in [-0.2, 0) is 11.3 Å². The smallest absolute Gasteiger partial charge is 0.255 e. The second kappa shape index (κ2) is 9.00. The summed E-state index contributed by atoms with van der Waals surface area (Å²) in [4.78, 5) is 14.7. The summed E-state index contributed by atoms with van der Waals surface area (Å²) in [5.74, 6) is 0.684. The highest BCUT2D eigenvalue weighted by atomic mass is 16.3. The molecule has 2 aliphatic rings. The molecule has 146 valence electrons. The zero-order chi connectivity index (χ0) is 18.4. The number of carbonyl (C=O) groups is 1. The van der Waals surface area contributed by atoms with E-state index in [9.17, 15) is 9.90 Å². The van der Waals surface area contributed by atoms with Gasteiger partial charge < -0.3 is 15.3 Å². The molecule has 1 aliphatic heterocycles. The van der Waals surface area contributed by atoms with Crippen LogP contribution in [0.5, 0.6) is 0 Å². The fourth-order valence-corrected chi connectivity index (χ4v) is 4.33. The van der Waals surface area contributed by atoms with Gasteiger partial charge in [-0.3, -0.25) is 9.48 Å². The highest BCUT2D eigenvalue weighted by molar-refractivity contribution is 5.86. The van der Waals surface area contributed by atoms with Crippen molar-refractivity contribution in [2.24, 2.45) is 5.92 Å². The lowest BCUT2D eigenvalue weighted by Gasteiger charge is -2.39. The van der Waals surface area contributed by atoms with E-state index in [4.69, 9.17) is 0 Å². The summed E-state index contributed by atoms with van der Waals surface area (Å²) >= 11 is 0. The van der Waals surface area contributed by atoms with Crippen molar-refractivity contribution in [3.8, 4) is 0 Å². The van der Waals surface area contributed by atoms with Crippen molar-refractivity contribution >= 4 is 5.91 Å². The van der Waals surface area contributed by atoms with Crippen molar-refractivity contribution in [2.45, 2.75) is 70.4 Å². The second-order valence-corrected chi connectivity index (χ2v) is 8.12. The molecule has 6 nitrogen and oxygen atoms in total. The van der Waals surface area contributed by atoms with E-state index in [-0.39, 0.29) is 5.91 Å². The number of nitrogens with zero attached hydrogens (tertiary/aromatic N) is 3. The molecule has 2 heterocycles. The summed E-state index contributed by atoms with van der Waals surface area (Å²) in [6.45, 7) is 5.32. The molecule has 2 N–H and O–H groups in total. The van der Waals surface area contributed by atoms with Crippen LogP contribution in [-0.4, -0.2) is 57.5 Å². The number of piperidine rings is 1. The van der Waals surface area contributed by atoms with E-state index in [1.165, 1.54) is 32.1 Å². The van der Waals surface area contributed by atoms with Crippen molar-refractivity contribution in [1.82, 2.24) is 20.0 Å². The largest absolute Gasteiger partial charge is 0.379 e. The molecule has 1 atom stereocenters. The minimum absolute atomic E-state index is 0.0815. The number of aryl methyl sites for hydroxylation is 1. The van der Waals surface area contributed by atoms with Crippen molar-refractivity contribution in [1.29, 1.82) is 0 Å². The highest BCUT2D eigenvalue weighted by Crippen LogP contribution is 2.28. The van der Waals surface area contributed by atoms with Crippen LogP contribution in [0.2, 0.25) is 0 Å². The summed E-state index contributed by atoms with van der Waals surface area (Å²) in [6, 6.07) is 1.97. The molecule has 0 bridgehead atoms. The van der Waals surface area contributed by atoms with Crippen molar-refractivity contribution < 1.29 is 9.90 Å². The number of aliphatic hydroxyl groups is 1. The zero-order valence-corrected chi connectivity index (χ0v) is 16.1. The van der Waals surface area contributed by atoms with E-state index in [2.05, 4.69) is 10.4 Å². The monoisotopic (exact) mass is 362 g/mol. The molecule has 1 amide bonds. The molecule has 26 heavy (non-hydrogen) atoms. The first-order valence-corrected chi connectivity index (χ1v) is 10.3. The van der Waals surface area contributed by atoms with Crippen LogP contribution < -0.4 is 5.32 Å². The van der Waals surface area contributed by atoms with Gasteiger partial charge in [-0.2, -0.15) is 5.10 Å². The van der Waals surface area contributed by atoms with Crippen molar-refractivity contribution in [3.05, 3.63) is 18.0 Å². The van der Waals surface area contributed by atoms with Crippen LogP contribution >= 0.6 is 0 Å². The molecule has 1 aromatic heterocycles. The number of hydrogen-bond donors (Lipinski definition) is 2. The van der Waals surface area contributed by atoms with E-state index >= 15 is 0 Å². The van der Waals surface area contributed by atoms with E-state index in [1.54, 1.807) is 0 Å².